The lowest BCUT2D eigenvalue weighted by Crippen LogP contribution is -2.13. The van der Waals surface area contributed by atoms with E-state index in [0.29, 0.717) is 10.6 Å². The maximum atomic E-state index is 12.4. The molecule has 1 aliphatic rings. The first-order valence-electron chi connectivity index (χ1n) is 6.20. The number of hydrogen-bond acceptors (Lipinski definition) is 5. The minimum atomic E-state index is -3.85. The lowest BCUT2D eigenvalue weighted by molar-refractivity contribution is 0.601. The van der Waals surface area contributed by atoms with E-state index in [1.807, 2.05) is 0 Å². The number of rotatable bonds is 3. The second-order valence-electron chi connectivity index (χ2n) is 4.58. The number of nitriles is 1. The van der Waals surface area contributed by atoms with Gasteiger partial charge in [-0.2, -0.15) is 5.26 Å². The molecular formula is C13H10ClN3O2S2. The van der Waals surface area contributed by atoms with Crippen molar-refractivity contribution in [3.8, 4) is 6.07 Å². The van der Waals surface area contributed by atoms with Crippen LogP contribution in [-0.4, -0.2) is 13.4 Å². The van der Waals surface area contributed by atoms with E-state index in [9.17, 15) is 13.7 Å². The number of pyridine rings is 1. The van der Waals surface area contributed by atoms with E-state index in [1.165, 1.54) is 29.8 Å². The second kappa shape index (κ2) is 5.30. The van der Waals surface area contributed by atoms with Crippen LogP contribution in [-0.2, 0) is 22.9 Å². The summed E-state index contributed by atoms with van der Waals surface area (Å²) in [6.45, 7) is 0. The van der Waals surface area contributed by atoms with Crippen LogP contribution in [0.4, 0.5) is 5.00 Å². The average molecular weight is 340 g/mol. The summed E-state index contributed by atoms with van der Waals surface area (Å²) in [6.07, 6.45) is 5.34. The maximum Gasteiger partial charge on any atom is 0.265 e. The summed E-state index contributed by atoms with van der Waals surface area (Å²) in [4.78, 5) is 4.77. The monoisotopic (exact) mass is 339 g/mol. The average Bonchev–Trinajstić information content (AvgIpc) is 2.98. The van der Waals surface area contributed by atoms with Gasteiger partial charge < -0.3 is 0 Å². The van der Waals surface area contributed by atoms with Crippen LogP contribution in [0.3, 0.4) is 0 Å². The van der Waals surface area contributed by atoms with Crippen molar-refractivity contribution < 1.29 is 8.42 Å². The predicted molar refractivity (Wildman–Crippen MR) is 81.1 cm³/mol. The summed E-state index contributed by atoms with van der Waals surface area (Å²) in [5, 5.41) is 9.74. The molecule has 2 aromatic rings. The van der Waals surface area contributed by atoms with Crippen molar-refractivity contribution in [2.24, 2.45) is 0 Å². The van der Waals surface area contributed by atoms with Crippen LogP contribution in [0.15, 0.2) is 23.4 Å². The fourth-order valence-corrected chi connectivity index (χ4v) is 5.31. The molecule has 1 N–H and O–H groups in total. The van der Waals surface area contributed by atoms with E-state index in [1.54, 1.807) is 0 Å². The third kappa shape index (κ3) is 2.50. The maximum absolute atomic E-state index is 12.4. The Balaban J connectivity index is 2.02. The molecule has 2 aromatic heterocycles. The lowest BCUT2D eigenvalue weighted by Gasteiger charge is -2.07. The second-order valence-corrected chi connectivity index (χ2v) is 7.75. The van der Waals surface area contributed by atoms with Gasteiger partial charge in [0.25, 0.3) is 10.0 Å². The number of anilines is 1. The van der Waals surface area contributed by atoms with Crippen LogP contribution < -0.4 is 4.72 Å². The highest BCUT2D eigenvalue weighted by Crippen LogP contribution is 2.39. The highest BCUT2D eigenvalue weighted by molar-refractivity contribution is 7.93. The SMILES string of the molecule is N#Cc1c(NS(=O)(=O)c2cnccc2Cl)sc2c1CCC2. The van der Waals surface area contributed by atoms with E-state index in [4.69, 9.17) is 11.6 Å². The van der Waals surface area contributed by atoms with Gasteiger partial charge in [0.1, 0.15) is 16.0 Å². The molecule has 0 aliphatic heterocycles. The molecule has 0 aromatic carbocycles. The molecular weight excluding hydrogens is 330 g/mol. The molecule has 0 saturated heterocycles. The first-order valence-corrected chi connectivity index (χ1v) is 8.87. The van der Waals surface area contributed by atoms with Gasteiger partial charge >= 0.3 is 0 Å². The van der Waals surface area contributed by atoms with Crippen LogP contribution in [0.1, 0.15) is 22.4 Å². The van der Waals surface area contributed by atoms with Crippen molar-refractivity contribution in [1.82, 2.24) is 4.98 Å². The van der Waals surface area contributed by atoms with Gasteiger partial charge in [-0.1, -0.05) is 11.6 Å². The van der Waals surface area contributed by atoms with E-state index in [-0.39, 0.29) is 9.92 Å². The standard InChI is InChI=1S/C13H10ClN3O2S2/c14-10-4-5-16-7-12(10)21(18,19)17-13-9(6-15)8-2-1-3-11(8)20-13/h4-5,7,17H,1-3H2. The molecule has 108 valence electrons. The van der Waals surface area contributed by atoms with Crippen LogP contribution in [0.5, 0.6) is 0 Å². The molecule has 21 heavy (non-hydrogen) atoms. The molecule has 0 amide bonds. The molecule has 0 spiro atoms. The third-order valence-electron chi connectivity index (χ3n) is 3.28. The van der Waals surface area contributed by atoms with Crippen molar-refractivity contribution in [3.05, 3.63) is 39.5 Å². The van der Waals surface area contributed by atoms with Crippen LogP contribution in [0, 0.1) is 11.3 Å². The first-order chi connectivity index (χ1) is 10.0. The van der Waals surface area contributed by atoms with E-state index in [2.05, 4.69) is 15.8 Å². The van der Waals surface area contributed by atoms with Gasteiger partial charge in [-0.15, -0.1) is 11.3 Å². The molecule has 0 fully saturated rings. The number of thiophene rings is 1. The number of sulfonamides is 1. The zero-order valence-corrected chi connectivity index (χ0v) is 13.1. The Morgan fingerprint density at radius 3 is 2.95 bits per heavy atom. The number of fused-ring (bicyclic) bond motifs is 1. The number of aryl methyl sites for hydroxylation is 1. The van der Waals surface area contributed by atoms with Gasteiger partial charge in [0.05, 0.1) is 10.6 Å². The quantitative estimate of drug-likeness (QED) is 0.931. The largest absolute Gasteiger partial charge is 0.269 e. The Morgan fingerprint density at radius 1 is 1.43 bits per heavy atom. The number of nitrogens with one attached hydrogen (secondary N) is 1. The molecule has 3 rings (SSSR count). The number of halogens is 1. The number of nitrogens with zero attached hydrogens (tertiary/aromatic N) is 2. The Labute approximate surface area is 131 Å². The smallest absolute Gasteiger partial charge is 0.265 e. The Hall–Kier alpha value is -1.62. The summed E-state index contributed by atoms with van der Waals surface area (Å²) in [6, 6.07) is 3.51. The zero-order valence-electron chi connectivity index (χ0n) is 10.8. The van der Waals surface area contributed by atoms with Gasteiger partial charge in [-0.3, -0.25) is 9.71 Å². The van der Waals surface area contributed by atoms with Crippen molar-refractivity contribution in [1.29, 1.82) is 5.26 Å². The topological polar surface area (TPSA) is 82.9 Å². The van der Waals surface area contributed by atoms with Crippen molar-refractivity contribution in [2.45, 2.75) is 24.2 Å². The van der Waals surface area contributed by atoms with E-state index < -0.39 is 10.0 Å². The molecule has 0 bridgehead atoms. The fraction of sp³-hybridized carbons (Fsp3) is 0.231. The van der Waals surface area contributed by atoms with Crippen LogP contribution in [0.25, 0.3) is 0 Å². The summed E-state index contributed by atoms with van der Waals surface area (Å²) in [5.41, 5.74) is 1.40. The van der Waals surface area contributed by atoms with E-state index >= 15 is 0 Å². The molecule has 0 atom stereocenters. The molecule has 1 aliphatic carbocycles. The molecule has 5 nitrogen and oxygen atoms in total. The summed E-state index contributed by atoms with van der Waals surface area (Å²) < 4.78 is 27.2. The number of aromatic nitrogens is 1. The van der Waals surface area contributed by atoms with Crippen molar-refractivity contribution >= 4 is 38.0 Å². The Morgan fingerprint density at radius 2 is 2.24 bits per heavy atom. The molecule has 8 heteroatoms. The minimum Gasteiger partial charge on any atom is -0.269 e. The van der Waals surface area contributed by atoms with Crippen molar-refractivity contribution in [3.63, 3.8) is 0 Å². The van der Waals surface area contributed by atoms with Crippen molar-refractivity contribution in [2.75, 3.05) is 4.72 Å². The fourth-order valence-electron chi connectivity index (χ4n) is 2.33. The van der Waals surface area contributed by atoms with E-state index in [0.717, 1.165) is 29.7 Å². The lowest BCUT2D eigenvalue weighted by atomic mass is 10.1. The molecule has 0 saturated carbocycles. The predicted octanol–water partition coefficient (Wildman–Crippen LogP) is 2.96. The highest BCUT2D eigenvalue weighted by Gasteiger charge is 2.26. The van der Waals surface area contributed by atoms with Crippen LogP contribution in [0.2, 0.25) is 5.02 Å². The molecule has 0 unspecified atom stereocenters. The van der Waals surface area contributed by atoms with Gasteiger partial charge in [-0.25, -0.2) is 8.42 Å². The van der Waals surface area contributed by atoms with Gasteiger partial charge in [-0.05, 0) is 30.9 Å². The molecule has 0 radical (unpaired) electrons. The Kier molecular flexibility index (Phi) is 3.61. The highest BCUT2D eigenvalue weighted by atomic mass is 35.5. The summed E-state index contributed by atoms with van der Waals surface area (Å²) >= 11 is 7.23. The van der Waals surface area contributed by atoms with Gasteiger partial charge in [0, 0.05) is 17.3 Å². The zero-order chi connectivity index (χ0) is 15.0. The number of hydrogen-bond donors (Lipinski definition) is 1. The Bertz CT molecular complexity index is 853. The minimum absolute atomic E-state index is 0.0934. The third-order valence-corrected chi connectivity index (χ3v) is 6.44. The van der Waals surface area contributed by atoms with Crippen LogP contribution >= 0.6 is 22.9 Å². The summed E-state index contributed by atoms with van der Waals surface area (Å²) in [7, 11) is -3.85. The van der Waals surface area contributed by atoms with Gasteiger partial charge in [0.15, 0.2) is 0 Å². The normalized spacial score (nSPS) is 13.7. The van der Waals surface area contributed by atoms with Gasteiger partial charge in [0.2, 0.25) is 0 Å². The first kappa shape index (κ1) is 14.3. The molecule has 2 heterocycles. The summed E-state index contributed by atoms with van der Waals surface area (Å²) in [5.74, 6) is 0.